The monoisotopic (exact) mass is 350 g/mol. The number of rotatable bonds is 6. The van der Waals surface area contributed by atoms with Crippen LogP contribution in [0.15, 0.2) is 46.9 Å². The van der Waals surface area contributed by atoms with E-state index in [9.17, 15) is 5.11 Å². The number of halogens is 1. The average molecular weight is 351 g/mol. The van der Waals surface area contributed by atoms with Gasteiger partial charge in [0.25, 0.3) is 0 Å². The van der Waals surface area contributed by atoms with Crippen molar-refractivity contribution in [2.24, 2.45) is 0 Å². The van der Waals surface area contributed by atoms with E-state index in [2.05, 4.69) is 15.9 Å². The molecule has 0 radical (unpaired) electrons. The first kappa shape index (κ1) is 15.9. The minimum absolute atomic E-state index is 0.553. The van der Waals surface area contributed by atoms with Crippen molar-refractivity contribution in [2.75, 3.05) is 13.2 Å². The second kappa shape index (κ2) is 7.48. The summed E-state index contributed by atoms with van der Waals surface area (Å²) in [7, 11) is 0. The second-order valence-electron chi connectivity index (χ2n) is 4.53. The fourth-order valence-corrected chi connectivity index (χ4v) is 2.34. The quantitative estimate of drug-likeness (QED) is 0.842. The van der Waals surface area contributed by atoms with Gasteiger partial charge in [-0.2, -0.15) is 0 Å². The number of benzene rings is 2. The van der Waals surface area contributed by atoms with Crippen molar-refractivity contribution in [3.8, 4) is 11.5 Å². The highest BCUT2D eigenvalue weighted by Crippen LogP contribution is 2.33. The molecule has 0 aliphatic heterocycles. The lowest BCUT2D eigenvalue weighted by atomic mass is 10.0. The summed E-state index contributed by atoms with van der Waals surface area (Å²) in [5.74, 6) is 1.36. The van der Waals surface area contributed by atoms with Crippen molar-refractivity contribution < 1.29 is 14.6 Å². The topological polar surface area (TPSA) is 38.7 Å². The average Bonchev–Trinajstić information content (AvgIpc) is 2.49. The van der Waals surface area contributed by atoms with E-state index in [1.165, 1.54) is 0 Å². The summed E-state index contributed by atoms with van der Waals surface area (Å²) in [6, 6.07) is 13.2. The van der Waals surface area contributed by atoms with E-state index in [-0.39, 0.29) is 0 Å². The molecule has 1 unspecified atom stereocenters. The summed E-state index contributed by atoms with van der Waals surface area (Å²) in [5, 5.41) is 10.5. The number of aliphatic hydroxyl groups is 1. The highest BCUT2D eigenvalue weighted by atomic mass is 79.9. The van der Waals surface area contributed by atoms with Crippen LogP contribution in [0, 0.1) is 0 Å². The molecule has 4 heteroatoms. The molecular weight excluding hydrogens is 332 g/mol. The minimum Gasteiger partial charge on any atom is -0.490 e. The molecule has 112 valence electrons. The third-order valence-electron chi connectivity index (χ3n) is 3.07. The molecule has 0 aliphatic carbocycles. The van der Waals surface area contributed by atoms with E-state index in [4.69, 9.17) is 9.47 Å². The highest BCUT2D eigenvalue weighted by Gasteiger charge is 2.14. The van der Waals surface area contributed by atoms with Gasteiger partial charge < -0.3 is 14.6 Å². The zero-order chi connectivity index (χ0) is 15.2. The lowest BCUT2D eigenvalue weighted by Gasteiger charge is -2.16. The Balaban J connectivity index is 2.30. The van der Waals surface area contributed by atoms with E-state index in [1.807, 2.05) is 56.3 Å². The molecule has 0 fully saturated rings. The molecule has 21 heavy (non-hydrogen) atoms. The lowest BCUT2D eigenvalue weighted by Crippen LogP contribution is -2.03. The van der Waals surface area contributed by atoms with Gasteiger partial charge in [-0.15, -0.1) is 0 Å². The van der Waals surface area contributed by atoms with Crippen molar-refractivity contribution >= 4 is 15.9 Å². The Morgan fingerprint density at radius 2 is 1.48 bits per heavy atom. The molecule has 1 N–H and O–H groups in total. The predicted molar refractivity (Wildman–Crippen MR) is 87.0 cm³/mol. The van der Waals surface area contributed by atoms with Crippen molar-refractivity contribution in [3.05, 3.63) is 58.1 Å². The zero-order valence-corrected chi connectivity index (χ0v) is 13.8. The predicted octanol–water partition coefficient (Wildman–Crippen LogP) is 4.33. The van der Waals surface area contributed by atoms with Gasteiger partial charge in [-0.1, -0.05) is 34.1 Å². The summed E-state index contributed by atoms with van der Waals surface area (Å²) in [6.45, 7) is 4.99. The maximum Gasteiger partial charge on any atom is 0.161 e. The standard InChI is InChI=1S/C17H19BrO3/c1-3-20-15-10-7-13(11-16(15)21-4-2)17(19)12-5-8-14(18)9-6-12/h5-11,17,19H,3-4H2,1-2H3. The van der Waals surface area contributed by atoms with E-state index in [1.54, 1.807) is 0 Å². The molecular formula is C17H19BrO3. The maximum atomic E-state index is 10.5. The molecule has 2 rings (SSSR count). The zero-order valence-electron chi connectivity index (χ0n) is 12.2. The van der Waals surface area contributed by atoms with Gasteiger partial charge in [0.2, 0.25) is 0 Å². The maximum absolute atomic E-state index is 10.5. The first-order valence-electron chi connectivity index (χ1n) is 6.98. The third-order valence-corrected chi connectivity index (χ3v) is 3.60. The Morgan fingerprint density at radius 1 is 0.905 bits per heavy atom. The number of hydrogen-bond acceptors (Lipinski definition) is 3. The number of aliphatic hydroxyl groups excluding tert-OH is 1. The molecule has 0 heterocycles. The van der Waals surface area contributed by atoms with E-state index < -0.39 is 6.10 Å². The Labute approximate surface area is 133 Å². The van der Waals surface area contributed by atoms with Crippen molar-refractivity contribution in [2.45, 2.75) is 20.0 Å². The molecule has 2 aromatic rings. The first-order chi connectivity index (χ1) is 10.2. The second-order valence-corrected chi connectivity index (χ2v) is 5.44. The summed E-state index contributed by atoms with van der Waals surface area (Å²) in [6.07, 6.45) is -0.687. The van der Waals surface area contributed by atoms with Crippen molar-refractivity contribution in [3.63, 3.8) is 0 Å². The van der Waals surface area contributed by atoms with Gasteiger partial charge in [0.15, 0.2) is 11.5 Å². The van der Waals surface area contributed by atoms with Crippen LogP contribution in [0.5, 0.6) is 11.5 Å². The van der Waals surface area contributed by atoms with Gasteiger partial charge in [-0.3, -0.25) is 0 Å². The fourth-order valence-electron chi connectivity index (χ4n) is 2.08. The molecule has 0 aromatic heterocycles. The van der Waals surface area contributed by atoms with E-state index in [0.29, 0.717) is 24.7 Å². The van der Waals surface area contributed by atoms with Gasteiger partial charge in [0, 0.05) is 4.47 Å². The van der Waals surface area contributed by atoms with Crippen LogP contribution in [0.3, 0.4) is 0 Å². The fraction of sp³-hybridized carbons (Fsp3) is 0.294. The smallest absolute Gasteiger partial charge is 0.161 e. The molecule has 1 atom stereocenters. The Kier molecular flexibility index (Phi) is 5.65. The highest BCUT2D eigenvalue weighted by molar-refractivity contribution is 9.10. The largest absolute Gasteiger partial charge is 0.490 e. The van der Waals surface area contributed by atoms with Crippen LogP contribution in [0.1, 0.15) is 31.1 Å². The van der Waals surface area contributed by atoms with Crippen LogP contribution < -0.4 is 9.47 Å². The van der Waals surface area contributed by atoms with Crippen LogP contribution in [0.4, 0.5) is 0 Å². The van der Waals surface area contributed by atoms with Crippen molar-refractivity contribution in [1.82, 2.24) is 0 Å². The lowest BCUT2D eigenvalue weighted by molar-refractivity contribution is 0.218. The van der Waals surface area contributed by atoms with Gasteiger partial charge in [-0.25, -0.2) is 0 Å². The molecule has 0 bridgehead atoms. The first-order valence-corrected chi connectivity index (χ1v) is 7.78. The van der Waals surface area contributed by atoms with Crippen LogP contribution in [0.2, 0.25) is 0 Å². The van der Waals surface area contributed by atoms with E-state index >= 15 is 0 Å². The van der Waals surface area contributed by atoms with Crippen molar-refractivity contribution in [1.29, 1.82) is 0 Å². The molecule has 0 aliphatic rings. The SMILES string of the molecule is CCOc1ccc(C(O)c2ccc(Br)cc2)cc1OCC. The molecule has 3 nitrogen and oxygen atoms in total. The van der Waals surface area contributed by atoms with Gasteiger partial charge in [0.1, 0.15) is 6.10 Å². The summed E-state index contributed by atoms with van der Waals surface area (Å²) in [4.78, 5) is 0. The summed E-state index contributed by atoms with van der Waals surface area (Å²) < 4.78 is 12.1. The molecule has 0 saturated heterocycles. The summed E-state index contributed by atoms with van der Waals surface area (Å²) >= 11 is 3.39. The Morgan fingerprint density at radius 3 is 2.10 bits per heavy atom. The van der Waals surface area contributed by atoms with Crippen LogP contribution in [-0.2, 0) is 0 Å². The third kappa shape index (κ3) is 3.99. The van der Waals surface area contributed by atoms with Crippen LogP contribution >= 0.6 is 15.9 Å². The van der Waals surface area contributed by atoms with Gasteiger partial charge >= 0.3 is 0 Å². The summed E-state index contributed by atoms with van der Waals surface area (Å²) in [5.41, 5.74) is 1.62. The van der Waals surface area contributed by atoms with Crippen LogP contribution in [-0.4, -0.2) is 18.3 Å². The normalized spacial score (nSPS) is 12.0. The Hall–Kier alpha value is -1.52. The Bertz CT molecular complexity index is 581. The molecule has 2 aromatic carbocycles. The molecule has 0 saturated carbocycles. The minimum atomic E-state index is -0.687. The van der Waals surface area contributed by atoms with Gasteiger partial charge in [0.05, 0.1) is 13.2 Å². The van der Waals surface area contributed by atoms with Gasteiger partial charge in [-0.05, 0) is 49.2 Å². The number of hydrogen-bond donors (Lipinski definition) is 1. The van der Waals surface area contributed by atoms with E-state index in [0.717, 1.165) is 15.6 Å². The molecule has 0 amide bonds. The van der Waals surface area contributed by atoms with Crippen LogP contribution in [0.25, 0.3) is 0 Å². The number of ether oxygens (including phenoxy) is 2. The molecule has 0 spiro atoms.